The first-order valence-corrected chi connectivity index (χ1v) is 15.3. The molecule has 3 rings (SSSR count). The largest absolute Gasteiger partial charge is 0.496 e. The minimum Gasteiger partial charge on any atom is -0.496 e. The van der Waals surface area contributed by atoms with E-state index in [1.54, 1.807) is 32.2 Å². The lowest BCUT2D eigenvalue weighted by Gasteiger charge is -2.25. The van der Waals surface area contributed by atoms with E-state index in [0.717, 1.165) is 17.7 Å². The summed E-state index contributed by atoms with van der Waals surface area (Å²) in [6.45, 7) is 1.61. The number of hydrogen-bond donors (Lipinski definition) is 8. The van der Waals surface area contributed by atoms with Gasteiger partial charge in [0.2, 0.25) is 0 Å². The van der Waals surface area contributed by atoms with E-state index in [2.05, 4.69) is 10.6 Å². The maximum atomic E-state index is 13.6. The van der Waals surface area contributed by atoms with Crippen LogP contribution in [0.1, 0.15) is 29.2 Å². The first kappa shape index (κ1) is 40.9. The van der Waals surface area contributed by atoms with Gasteiger partial charge in [-0.25, -0.2) is 4.79 Å². The highest BCUT2D eigenvalue weighted by Crippen LogP contribution is 2.38. The Morgan fingerprint density at radius 2 is 1.55 bits per heavy atom. The fraction of sp³-hybridized carbons (Fsp3) is 0.412. The molecule has 3 aromatic carbocycles. The molecule has 0 radical (unpaired) electrons. The molecule has 0 fully saturated rings. The van der Waals surface area contributed by atoms with Gasteiger partial charge in [0, 0.05) is 31.7 Å². The number of ether oxygens (including phenoxy) is 1. The number of aliphatic hydroxyl groups excluding tert-OH is 5. The molecule has 0 saturated heterocycles. The van der Waals surface area contributed by atoms with Crippen LogP contribution in [0.25, 0.3) is 11.1 Å². The van der Waals surface area contributed by atoms with Gasteiger partial charge in [0.1, 0.15) is 24.1 Å². The minimum absolute atomic E-state index is 0.0936. The SMILES string of the molecule is CCN(Cc1cc(C(F)(F)F)ccc1-c1cc(CC(=O)O)ccc1OC)C(=O)NCc1ccccc1.CNC[C@H](O)[C@@H](O)[C@H](O)[C@H](O)CO. The molecule has 0 spiro atoms. The summed E-state index contributed by atoms with van der Waals surface area (Å²) in [4.78, 5) is 25.5. The number of carbonyl (C=O) groups is 2. The van der Waals surface area contributed by atoms with E-state index in [-0.39, 0.29) is 38.2 Å². The number of nitrogens with zero attached hydrogens (tertiary/aromatic N) is 1. The van der Waals surface area contributed by atoms with Crippen molar-refractivity contribution in [1.82, 2.24) is 15.5 Å². The van der Waals surface area contributed by atoms with Gasteiger partial charge < -0.3 is 50.9 Å². The van der Waals surface area contributed by atoms with Gasteiger partial charge in [-0.2, -0.15) is 13.2 Å². The van der Waals surface area contributed by atoms with Crippen LogP contribution in [0.4, 0.5) is 18.0 Å². The molecule has 0 heterocycles. The predicted octanol–water partition coefficient (Wildman–Crippen LogP) is 2.38. The van der Waals surface area contributed by atoms with E-state index >= 15 is 0 Å². The van der Waals surface area contributed by atoms with Gasteiger partial charge in [-0.15, -0.1) is 0 Å². The second-order valence-electron chi connectivity index (χ2n) is 11.0. The van der Waals surface area contributed by atoms with Gasteiger partial charge in [0.05, 0.1) is 31.8 Å². The molecule has 0 bridgehead atoms. The van der Waals surface area contributed by atoms with E-state index in [9.17, 15) is 33.0 Å². The number of methoxy groups -OCH3 is 1. The molecule has 0 unspecified atom stereocenters. The molecule has 0 aromatic heterocycles. The van der Waals surface area contributed by atoms with E-state index in [1.165, 1.54) is 18.1 Å². The molecule has 0 aliphatic carbocycles. The summed E-state index contributed by atoms with van der Waals surface area (Å²) >= 11 is 0. The van der Waals surface area contributed by atoms with Crippen LogP contribution in [0.3, 0.4) is 0 Å². The monoisotopic (exact) mass is 695 g/mol. The average molecular weight is 696 g/mol. The molecular formula is C34H44F3N3O9. The standard InChI is InChI=1S/C27H27F3N2O4.C7H17NO5/c1-3-32(26(35)31-16-18-7-5-4-6-8-18)17-20-15-21(27(28,29)30)10-11-22(20)23-13-19(14-25(33)34)9-12-24(23)36-2;1-8-2-4(10)6(12)7(13)5(11)3-9/h4-13,15H,3,14,16-17H2,1-2H3,(H,31,35)(H,33,34);4-13H,2-3H2,1H3/t;4-,5+,6+,7+/m.0/s1. The number of rotatable bonds is 15. The Labute approximate surface area is 282 Å². The lowest BCUT2D eigenvalue weighted by molar-refractivity contribution is -0.138. The fourth-order valence-electron chi connectivity index (χ4n) is 4.73. The van der Waals surface area contributed by atoms with Crippen LogP contribution in [0.5, 0.6) is 5.75 Å². The number of likely N-dealkylation sites (N-methyl/N-ethyl adjacent to an activating group) is 1. The summed E-state index contributed by atoms with van der Waals surface area (Å²) in [7, 11) is 3.00. The summed E-state index contributed by atoms with van der Waals surface area (Å²) in [5, 5.41) is 59.5. The number of urea groups is 1. The van der Waals surface area contributed by atoms with Crippen molar-refractivity contribution in [2.45, 2.75) is 57.0 Å². The molecule has 4 atom stereocenters. The van der Waals surface area contributed by atoms with Gasteiger partial charge in [0.15, 0.2) is 0 Å². The summed E-state index contributed by atoms with van der Waals surface area (Å²) in [5.41, 5.74) is 1.64. The molecule has 0 aliphatic heterocycles. The Hall–Kier alpha value is -4.25. The van der Waals surface area contributed by atoms with Crippen LogP contribution in [0.15, 0.2) is 66.7 Å². The molecule has 15 heteroatoms. The number of amides is 2. The maximum absolute atomic E-state index is 13.6. The number of halogens is 3. The molecule has 12 nitrogen and oxygen atoms in total. The zero-order valence-electron chi connectivity index (χ0n) is 27.4. The fourth-order valence-corrected chi connectivity index (χ4v) is 4.73. The topological polar surface area (TPSA) is 192 Å². The van der Waals surface area contributed by atoms with Crippen molar-refractivity contribution in [3.8, 4) is 16.9 Å². The molecule has 49 heavy (non-hydrogen) atoms. The Balaban J connectivity index is 0.000000543. The second kappa shape index (κ2) is 19.7. The van der Waals surface area contributed by atoms with Crippen LogP contribution in [0, 0.1) is 0 Å². The van der Waals surface area contributed by atoms with Crippen LogP contribution < -0.4 is 15.4 Å². The second-order valence-corrected chi connectivity index (χ2v) is 11.0. The van der Waals surface area contributed by atoms with Gasteiger partial charge in [-0.1, -0.05) is 42.5 Å². The van der Waals surface area contributed by atoms with Gasteiger partial charge >= 0.3 is 18.2 Å². The number of aliphatic hydroxyl groups is 5. The van der Waals surface area contributed by atoms with E-state index in [4.69, 9.17) is 25.2 Å². The van der Waals surface area contributed by atoms with Gasteiger partial charge in [-0.05, 0) is 60.5 Å². The zero-order chi connectivity index (χ0) is 36.7. The molecule has 3 aromatic rings. The molecule has 270 valence electrons. The first-order valence-electron chi connectivity index (χ1n) is 15.3. The first-order chi connectivity index (χ1) is 23.2. The van der Waals surface area contributed by atoms with Crippen LogP contribution >= 0.6 is 0 Å². The van der Waals surface area contributed by atoms with Crippen LogP contribution in [-0.2, 0) is 30.5 Å². The number of nitrogens with one attached hydrogen (secondary N) is 2. The van der Waals surface area contributed by atoms with Crippen molar-refractivity contribution in [3.63, 3.8) is 0 Å². The zero-order valence-corrected chi connectivity index (χ0v) is 27.4. The summed E-state index contributed by atoms with van der Waals surface area (Å²) in [5.74, 6) is -0.660. The third-order valence-corrected chi connectivity index (χ3v) is 7.40. The number of hydrogen-bond acceptors (Lipinski definition) is 9. The van der Waals surface area contributed by atoms with E-state index < -0.39 is 54.8 Å². The lowest BCUT2D eigenvalue weighted by Crippen LogP contribution is -2.48. The third kappa shape index (κ3) is 12.6. The predicted molar refractivity (Wildman–Crippen MR) is 175 cm³/mol. The van der Waals surface area contributed by atoms with Crippen LogP contribution in [-0.4, -0.2) is 106 Å². The molecular weight excluding hydrogens is 651 g/mol. The summed E-state index contributed by atoms with van der Waals surface area (Å²) in [6, 6.07) is 16.9. The summed E-state index contributed by atoms with van der Waals surface area (Å²) < 4.78 is 46.1. The lowest BCUT2D eigenvalue weighted by atomic mass is 9.94. The average Bonchev–Trinajstić information content (AvgIpc) is 3.08. The van der Waals surface area contributed by atoms with E-state index in [1.807, 2.05) is 30.3 Å². The number of carboxylic acid groups (broad SMARTS) is 1. The Kier molecular flexibility index (Phi) is 16.4. The molecule has 0 saturated carbocycles. The maximum Gasteiger partial charge on any atom is 0.416 e. The van der Waals surface area contributed by atoms with Crippen molar-refractivity contribution in [1.29, 1.82) is 0 Å². The highest BCUT2D eigenvalue weighted by Gasteiger charge is 2.32. The molecule has 2 amide bonds. The smallest absolute Gasteiger partial charge is 0.416 e. The van der Waals surface area contributed by atoms with Crippen molar-refractivity contribution in [2.24, 2.45) is 0 Å². The van der Waals surface area contributed by atoms with Crippen LogP contribution in [0.2, 0.25) is 0 Å². The number of aliphatic carboxylic acids is 1. The van der Waals surface area contributed by atoms with Crippen molar-refractivity contribution >= 4 is 12.0 Å². The quantitative estimate of drug-likeness (QED) is 0.117. The van der Waals surface area contributed by atoms with Gasteiger partial charge in [0.25, 0.3) is 0 Å². The van der Waals surface area contributed by atoms with Gasteiger partial charge in [-0.3, -0.25) is 4.79 Å². The number of benzene rings is 3. The Morgan fingerprint density at radius 1 is 0.898 bits per heavy atom. The highest BCUT2D eigenvalue weighted by molar-refractivity contribution is 5.78. The summed E-state index contributed by atoms with van der Waals surface area (Å²) in [6.07, 6.45) is -10.5. The van der Waals surface area contributed by atoms with Crippen molar-refractivity contribution < 1.29 is 58.1 Å². The highest BCUT2D eigenvalue weighted by atomic mass is 19.4. The molecule has 0 aliphatic rings. The normalized spacial score (nSPS) is 13.7. The number of carboxylic acids is 1. The van der Waals surface area contributed by atoms with Crippen molar-refractivity contribution in [2.75, 3.05) is 33.9 Å². The Morgan fingerprint density at radius 3 is 2.10 bits per heavy atom. The van der Waals surface area contributed by atoms with E-state index in [0.29, 0.717) is 22.4 Å². The number of alkyl halides is 3. The minimum atomic E-state index is -4.57. The van der Waals surface area contributed by atoms with Crippen molar-refractivity contribution in [3.05, 3.63) is 89.0 Å². The third-order valence-electron chi connectivity index (χ3n) is 7.40. The Bertz CT molecular complexity index is 1480. The molecule has 8 N–H and O–H groups in total. The number of carbonyl (C=O) groups excluding carboxylic acids is 1.